The number of hydrogen-bond acceptors (Lipinski definition) is 1. The van der Waals surface area contributed by atoms with Crippen molar-refractivity contribution in [2.75, 3.05) is 5.75 Å². The summed E-state index contributed by atoms with van der Waals surface area (Å²) < 4.78 is 0. The summed E-state index contributed by atoms with van der Waals surface area (Å²) in [5.74, 6) is 1.28. The SMILES string of the molecule is Cc1cccc(CCCSC(C)C)c1. The third-order valence-corrected chi connectivity index (χ3v) is 3.33. The second-order valence-electron chi connectivity index (χ2n) is 4.01. The molecule has 0 aromatic heterocycles. The third-order valence-electron chi connectivity index (χ3n) is 2.14. The molecule has 1 heteroatoms. The molecule has 1 aromatic carbocycles. The lowest BCUT2D eigenvalue weighted by atomic mass is 10.1. The van der Waals surface area contributed by atoms with Gasteiger partial charge in [-0.15, -0.1) is 0 Å². The lowest BCUT2D eigenvalue weighted by Crippen LogP contribution is -1.92. The van der Waals surface area contributed by atoms with Crippen LogP contribution in [0.2, 0.25) is 0 Å². The predicted octanol–water partition coefficient (Wildman–Crippen LogP) is 4.07. The minimum atomic E-state index is 0.771. The van der Waals surface area contributed by atoms with Crippen LogP contribution in [0.15, 0.2) is 24.3 Å². The Morgan fingerprint density at radius 3 is 2.71 bits per heavy atom. The van der Waals surface area contributed by atoms with Crippen LogP contribution in [0, 0.1) is 6.92 Å². The van der Waals surface area contributed by atoms with Crippen LogP contribution in [0.4, 0.5) is 0 Å². The normalized spacial score (nSPS) is 10.9. The molecule has 0 amide bonds. The summed E-state index contributed by atoms with van der Waals surface area (Å²) >= 11 is 2.05. The van der Waals surface area contributed by atoms with Crippen LogP contribution in [0.25, 0.3) is 0 Å². The number of benzene rings is 1. The molecule has 0 fully saturated rings. The molecule has 0 radical (unpaired) electrons. The molecule has 78 valence electrons. The number of thioether (sulfide) groups is 1. The predicted molar refractivity (Wildman–Crippen MR) is 67.1 cm³/mol. The van der Waals surface area contributed by atoms with E-state index in [9.17, 15) is 0 Å². The van der Waals surface area contributed by atoms with Crippen LogP contribution in [0.1, 0.15) is 31.4 Å². The molecule has 0 bridgehead atoms. The second kappa shape index (κ2) is 6.13. The zero-order valence-corrected chi connectivity index (χ0v) is 10.2. The largest absolute Gasteiger partial charge is 0.159 e. The molecule has 0 spiro atoms. The van der Waals surface area contributed by atoms with Crippen molar-refractivity contribution < 1.29 is 0 Å². The molecule has 0 unspecified atom stereocenters. The van der Waals surface area contributed by atoms with Crippen LogP contribution in [-0.4, -0.2) is 11.0 Å². The highest BCUT2D eigenvalue weighted by Crippen LogP contribution is 2.13. The second-order valence-corrected chi connectivity index (χ2v) is 5.70. The Balaban J connectivity index is 2.25. The van der Waals surface area contributed by atoms with Crippen molar-refractivity contribution in [2.24, 2.45) is 0 Å². The molecule has 0 atom stereocenters. The van der Waals surface area contributed by atoms with Crippen molar-refractivity contribution in [1.82, 2.24) is 0 Å². The zero-order valence-electron chi connectivity index (χ0n) is 9.42. The monoisotopic (exact) mass is 208 g/mol. The maximum Gasteiger partial charge on any atom is -0.000968 e. The van der Waals surface area contributed by atoms with Gasteiger partial charge in [-0.1, -0.05) is 43.7 Å². The topological polar surface area (TPSA) is 0 Å². The van der Waals surface area contributed by atoms with Gasteiger partial charge in [-0.05, 0) is 36.3 Å². The van der Waals surface area contributed by atoms with Crippen molar-refractivity contribution in [2.45, 2.75) is 38.9 Å². The fourth-order valence-corrected chi connectivity index (χ4v) is 2.25. The van der Waals surface area contributed by atoms with E-state index in [4.69, 9.17) is 0 Å². The molecule has 0 N–H and O–H groups in total. The molecule has 0 aliphatic carbocycles. The molecular formula is C13H20S. The van der Waals surface area contributed by atoms with E-state index in [2.05, 4.69) is 56.8 Å². The molecule has 0 aliphatic rings. The minimum Gasteiger partial charge on any atom is -0.159 e. The quantitative estimate of drug-likeness (QED) is 0.657. The lowest BCUT2D eigenvalue weighted by molar-refractivity contribution is 0.926. The summed E-state index contributed by atoms with van der Waals surface area (Å²) in [4.78, 5) is 0. The molecule has 14 heavy (non-hydrogen) atoms. The molecule has 0 saturated carbocycles. The van der Waals surface area contributed by atoms with Crippen molar-refractivity contribution in [3.8, 4) is 0 Å². The van der Waals surface area contributed by atoms with Crippen LogP contribution >= 0.6 is 11.8 Å². The first-order valence-corrected chi connectivity index (χ1v) is 6.40. The van der Waals surface area contributed by atoms with Crippen LogP contribution < -0.4 is 0 Å². The van der Waals surface area contributed by atoms with Gasteiger partial charge < -0.3 is 0 Å². The fraction of sp³-hybridized carbons (Fsp3) is 0.538. The summed E-state index contributed by atoms with van der Waals surface area (Å²) in [6, 6.07) is 8.83. The summed E-state index contributed by atoms with van der Waals surface area (Å²) in [7, 11) is 0. The summed E-state index contributed by atoms with van der Waals surface area (Å²) in [5, 5.41) is 0.771. The average molecular weight is 208 g/mol. The first-order chi connectivity index (χ1) is 6.68. The fourth-order valence-electron chi connectivity index (χ4n) is 1.46. The third kappa shape index (κ3) is 4.71. The first kappa shape index (κ1) is 11.6. The Labute approximate surface area is 92.1 Å². The lowest BCUT2D eigenvalue weighted by Gasteiger charge is -2.05. The van der Waals surface area contributed by atoms with Gasteiger partial charge in [0.25, 0.3) is 0 Å². The molecular weight excluding hydrogens is 188 g/mol. The molecule has 0 nitrogen and oxygen atoms in total. The van der Waals surface area contributed by atoms with E-state index in [1.165, 1.54) is 29.7 Å². The number of hydrogen-bond donors (Lipinski definition) is 0. The maximum absolute atomic E-state index is 2.29. The van der Waals surface area contributed by atoms with E-state index in [1.54, 1.807) is 0 Å². The van der Waals surface area contributed by atoms with Crippen LogP contribution in [0.5, 0.6) is 0 Å². The van der Waals surface area contributed by atoms with E-state index in [0.717, 1.165) is 5.25 Å². The summed E-state index contributed by atoms with van der Waals surface area (Å²) in [6.07, 6.45) is 2.52. The highest BCUT2D eigenvalue weighted by Gasteiger charge is 1.96. The molecule has 0 aliphatic heterocycles. The van der Waals surface area contributed by atoms with Gasteiger partial charge in [0, 0.05) is 0 Å². The average Bonchev–Trinajstić information content (AvgIpc) is 2.12. The van der Waals surface area contributed by atoms with Gasteiger partial charge in [-0.25, -0.2) is 0 Å². The van der Waals surface area contributed by atoms with Gasteiger partial charge in [-0.3, -0.25) is 0 Å². The van der Waals surface area contributed by atoms with E-state index in [1.807, 2.05) is 0 Å². The first-order valence-electron chi connectivity index (χ1n) is 5.35. The van der Waals surface area contributed by atoms with Gasteiger partial charge in [0.15, 0.2) is 0 Å². The summed E-state index contributed by atoms with van der Waals surface area (Å²) in [6.45, 7) is 6.68. The highest BCUT2D eigenvalue weighted by atomic mass is 32.2. The van der Waals surface area contributed by atoms with Crippen LogP contribution in [-0.2, 0) is 6.42 Å². The smallest absolute Gasteiger partial charge is 0.000968 e. The van der Waals surface area contributed by atoms with Gasteiger partial charge in [0.2, 0.25) is 0 Å². The van der Waals surface area contributed by atoms with E-state index >= 15 is 0 Å². The minimum absolute atomic E-state index is 0.771. The Bertz CT molecular complexity index is 266. The molecule has 0 saturated heterocycles. The standard InChI is InChI=1S/C13H20S/c1-11(2)14-9-5-8-13-7-4-6-12(3)10-13/h4,6-7,10-11H,5,8-9H2,1-3H3. The van der Waals surface area contributed by atoms with Gasteiger partial charge in [0.05, 0.1) is 0 Å². The maximum atomic E-state index is 2.29. The molecule has 1 rings (SSSR count). The number of aryl methyl sites for hydroxylation is 2. The van der Waals surface area contributed by atoms with E-state index in [-0.39, 0.29) is 0 Å². The van der Waals surface area contributed by atoms with Crippen molar-refractivity contribution in [3.63, 3.8) is 0 Å². The van der Waals surface area contributed by atoms with E-state index in [0.29, 0.717) is 0 Å². The highest BCUT2D eigenvalue weighted by molar-refractivity contribution is 7.99. The Kier molecular flexibility index (Phi) is 5.10. The Morgan fingerprint density at radius 1 is 1.29 bits per heavy atom. The Morgan fingerprint density at radius 2 is 2.07 bits per heavy atom. The van der Waals surface area contributed by atoms with Gasteiger partial charge in [0.1, 0.15) is 0 Å². The molecule has 1 aromatic rings. The van der Waals surface area contributed by atoms with Crippen LogP contribution in [0.3, 0.4) is 0 Å². The van der Waals surface area contributed by atoms with Crippen molar-refractivity contribution in [3.05, 3.63) is 35.4 Å². The van der Waals surface area contributed by atoms with Crippen molar-refractivity contribution >= 4 is 11.8 Å². The van der Waals surface area contributed by atoms with Gasteiger partial charge >= 0.3 is 0 Å². The molecule has 0 heterocycles. The zero-order chi connectivity index (χ0) is 10.4. The number of rotatable bonds is 5. The van der Waals surface area contributed by atoms with Gasteiger partial charge in [-0.2, -0.15) is 11.8 Å². The van der Waals surface area contributed by atoms with E-state index < -0.39 is 0 Å². The Hall–Kier alpha value is -0.430. The summed E-state index contributed by atoms with van der Waals surface area (Å²) in [5.41, 5.74) is 2.85. The van der Waals surface area contributed by atoms with Crippen molar-refractivity contribution in [1.29, 1.82) is 0 Å².